The molecule has 1 amide bonds. The molecule has 5 nitrogen and oxygen atoms in total. The highest BCUT2D eigenvalue weighted by Gasteiger charge is 2.20. The number of carboxylic acid groups (broad SMARTS) is 1. The largest absolute Gasteiger partial charge is 0.480 e. The second kappa shape index (κ2) is 5.81. The van der Waals surface area contributed by atoms with Crippen molar-refractivity contribution in [3.8, 4) is 11.1 Å². The second-order valence-electron chi connectivity index (χ2n) is 5.55. The molecule has 0 spiro atoms. The molecule has 0 radical (unpaired) electrons. The number of carbonyl (C=O) groups is 2. The zero-order valence-corrected chi connectivity index (χ0v) is 12.2. The van der Waals surface area contributed by atoms with Crippen LogP contribution in [-0.4, -0.2) is 23.0 Å². The van der Waals surface area contributed by atoms with Crippen LogP contribution in [0.25, 0.3) is 11.1 Å². The minimum atomic E-state index is -1.23. The number of carbonyl (C=O) groups excluding carboxylic acids is 1. The van der Waals surface area contributed by atoms with Gasteiger partial charge in [0.25, 0.3) is 0 Å². The maximum Gasteiger partial charge on any atom is 0.321 e. The molecule has 2 aromatic rings. The molecule has 23 heavy (non-hydrogen) atoms. The standard InChI is InChI=1S/C17H15FN2O3/c18-11-1-3-13-9(6-11)5-10-7-12(2-4-14(10)13)20-16(21)8-15(19)17(22)23/h1-4,6-7,15H,5,8,19H2,(H,20,21)(H,22,23). The maximum atomic E-state index is 13.3. The van der Waals surface area contributed by atoms with Crippen LogP contribution in [0.4, 0.5) is 10.1 Å². The van der Waals surface area contributed by atoms with Crippen molar-refractivity contribution in [1.29, 1.82) is 0 Å². The van der Waals surface area contributed by atoms with Crippen molar-refractivity contribution in [2.24, 2.45) is 5.73 Å². The first-order chi connectivity index (χ1) is 10.9. The van der Waals surface area contributed by atoms with Gasteiger partial charge < -0.3 is 16.2 Å². The number of benzene rings is 2. The number of nitrogens with two attached hydrogens (primary N) is 1. The Hall–Kier alpha value is -2.73. The van der Waals surface area contributed by atoms with Gasteiger partial charge in [0.05, 0.1) is 6.42 Å². The Bertz CT molecular complexity index is 804. The van der Waals surface area contributed by atoms with Gasteiger partial charge in [0.2, 0.25) is 5.91 Å². The summed E-state index contributed by atoms with van der Waals surface area (Å²) in [6.07, 6.45) is 0.304. The molecule has 2 aromatic carbocycles. The minimum Gasteiger partial charge on any atom is -0.480 e. The molecule has 0 fully saturated rings. The van der Waals surface area contributed by atoms with E-state index in [2.05, 4.69) is 5.32 Å². The van der Waals surface area contributed by atoms with Gasteiger partial charge in [-0.2, -0.15) is 0 Å². The zero-order valence-electron chi connectivity index (χ0n) is 12.2. The summed E-state index contributed by atoms with van der Waals surface area (Å²) in [5, 5.41) is 11.3. The van der Waals surface area contributed by atoms with Crippen LogP contribution in [0, 0.1) is 5.82 Å². The summed E-state index contributed by atoms with van der Waals surface area (Å²) in [5.74, 6) is -1.94. The average molecular weight is 314 g/mol. The molecule has 1 unspecified atom stereocenters. The first-order valence-electron chi connectivity index (χ1n) is 7.14. The Balaban J connectivity index is 1.76. The number of aliphatic carboxylic acids is 1. The maximum absolute atomic E-state index is 13.3. The summed E-state index contributed by atoms with van der Waals surface area (Å²) < 4.78 is 13.3. The molecule has 0 bridgehead atoms. The highest BCUT2D eigenvalue weighted by Crippen LogP contribution is 2.38. The van der Waals surface area contributed by atoms with Crippen molar-refractivity contribution in [2.75, 3.05) is 5.32 Å². The fourth-order valence-corrected chi connectivity index (χ4v) is 2.76. The van der Waals surface area contributed by atoms with E-state index < -0.39 is 17.9 Å². The predicted molar refractivity (Wildman–Crippen MR) is 83.5 cm³/mol. The van der Waals surface area contributed by atoms with E-state index in [9.17, 15) is 14.0 Å². The van der Waals surface area contributed by atoms with E-state index in [1.165, 1.54) is 12.1 Å². The molecule has 118 valence electrons. The van der Waals surface area contributed by atoms with Gasteiger partial charge in [-0.1, -0.05) is 12.1 Å². The lowest BCUT2D eigenvalue weighted by atomic mass is 10.1. The zero-order chi connectivity index (χ0) is 16.6. The number of rotatable bonds is 4. The third kappa shape index (κ3) is 3.07. The number of halogens is 1. The molecular formula is C17H15FN2O3. The third-order valence-corrected chi connectivity index (χ3v) is 3.85. The predicted octanol–water partition coefficient (Wildman–Crippen LogP) is 2.14. The summed E-state index contributed by atoms with van der Waals surface area (Å²) in [6.45, 7) is 0. The van der Waals surface area contributed by atoms with Crippen LogP contribution in [0.5, 0.6) is 0 Å². The van der Waals surface area contributed by atoms with E-state index >= 15 is 0 Å². The van der Waals surface area contributed by atoms with Gasteiger partial charge >= 0.3 is 5.97 Å². The van der Waals surface area contributed by atoms with E-state index in [-0.39, 0.29) is 12.2 Å². The van der Waals surface area contributed by atoms with Crippen molar-refractivity contribution < 1.29 is 19.1 Å². The van der Waals surface area contributed by atoms with E-state index in [1.807, 2.05) is 12.1 Å². The number of amides is 1. The van der Waals surface area contributed by atoms with E-state index in [0.717, 1.165) is 22.3 Å². The molecule has 1 aliphatic carbocycles. The lowest BCUT2D eigenvalue weighted by Gasteiger charge is -2.09. The Morgan fingerprint density at radius 1 is 1.17 bits per heavy atom. The SMILES string of the molecule is NC(CC(=O)Nc1ccc2c(c1)Cc1cc(F)ccc1-2)C(=O)O. The molecule has 0 saturated heterocycles. The minimum absolute atomic E-state index is 0.271. The molecule has 1 aliphatic rings. The van der Waals surface area contributed by atoms with Crippen LogP contribution in [-0.2, 0) is 16.0 Å². The summed E-state index contributed by atoms with van der Waals surface area (Å²) in [4.78, 5) is 22.4. The van der Waals surface area contributed by atoms with Gasteiger partial charge in [0, 0.05) is 5.69 Å². The fraction of sp³-hybridized carbons (Fsp3) is 0.176. The topological polar surface area (TPSA) is 92.4 Å². The second-order valence-corrected chi connectivity index (χ2v) is 5.55. The first kappa shape index (κ1) is 15.2. The molecule has 3 rings (SSSR count). The van der Waals surface area contributed by atoms with E-state index in [4.69, 9.17) is 10.8 Å². The van der Waals surface area contributed by atoms with Crippen molar-refractivity contribution in [3.63, 3.8) is 0 Å². The Labute approximate surface area is 131 Å². The summed E-state index contributed by atoms with van der Waals surface area (Å²) >= 11 is 0. The van der Waals surface area contributed by atoms with Gasteiger partial charge in [-0.05, 0) is 52.9 Å². The van der Waals surface area contributed by atoms with Gasteiger partial charge in [-0.3, -0.25) is 9.59 Å². The molecule has 0 aliphatic heterocycles. The lowest BCUT2D eigenvalue weighted by Crippen LogP contribution is -2.34. The fourth-order valence-electron chi connectivity index (χ4n) is 2.76. The Morgan fingerprint density at radius 3 is 2.52 bits per heavy atom. The summed E-state index contributed by atoms with van der Waals surface area (Å²) in [5.41, 5.74) is 9.82. The normalized spacial score (nSPS) is 13.1. The van der Waals surface area contributed by atoms with Crippen LogP contribution in [0.2, 0.25) is 0 Å². The smallest absolute Gasteiger partial charge is 0.321 e. The number of carboxylic acids is 1. The third-order valence-electron chi connectivity index (χ3n) is 3.85. The summed E-state index contributed by atoms with van der Waals surface area (Å²) in [6, 6.07) is 8.89. The van der Waals surface area contributed by atoms with Gasteiger partial charge in [-0.25, -0.2) is 4.39 Å². The number of fused-ring (bicyclic) bond motifs is 3. The van der Waals surface area contributed by atoms with Gasteiger partial charge in [-0.15, -0.1) is 0 Å². The van der Waals surface area contributed by atoms with E-state index in [1.54, 1.807) is 12.1 Å². The van der Waals surface area contributed by atoms with E-state index in [0.29, 0.717) is 12.1 Å². The molecule has 0 aromatic heterocycles. The molecule has 0 heterocycles. The van der Waals surface area contributed by atoms with Crippen LogP contribution in [0.15, 0.2) is 36.4 Å². The van der Waals surface area contributed by atoms with Crippen LogP contribution in [0.3, 0.4) is 0 Å². The van der Waals surface area contributed by atoms with Gasteiger partial charge in [0.1, 0.15) is 11.9 Å². The quantitative estimate of drug-likeness (QED) is 0.688. The van der Waals surface area contributed by atoms with Crippen molar-refractivity contribution >= 4 is 17.6 Å². The number of hydrogen-bond acceptors (Lipinski definition) is 3. The van der Waals surface area contributed by atoms with Crippen LogP contribution in [0.1, 0.15) is 17.5 Å². The molecule has 6 heteroatoms. The Kier molecular flexibility index (Phi) is 3.83. The molecular weight excluding hydrogens is 299 g/mol. The summed E-state index contributed by atoms with van der Waals surface area (Å²) in [7, 11) is 0. The number of hydrogen-bond donors (Lipinski definition) is 3. The monoisotopic (exact) mass is 314 g/mol. The number of nitrogens with one attached hydrogen (secondary N) is 1. The number of anilines is 1. The highest BCUT2D eigenvalue weighted by molar-refractivity contribution is 5.94. The van der Waals surface area contributed by atoms with Crippen molar-refractivity contribution in [2.45, 2.75) is 18.9 Å². The average Bonchev–Trinajstić information content (AvgIpc) is 2.83. The lowest BCUT2D eigenvalue weighted by molar-refractivity contribution is -0.140. The van der Waals surface area contributed by atoms with Crippen molar-refractivity contribution in [3.05, 3.63) is 53.3 Å². The van der Waals surface area contributed by atoms with Crippen LogP contribution < -0.4 is 11.1 Å². The molecule has 4 N–H and O–H groups in total. The molecule has 0 saturated carbocycles. The highest BCUT2D eigenvalue weighted by atomic mass is 19.1. The van der Waals surface area contributed by atoms with Crippen molar-refractivity contribution in [1.82, 2.24) is 0 Å². The Morgan fingerprint density at radius 2 is 1.83 bits per heavy atom. The molecule has 1 atom stereocenters. The van der Waals surface area contributed by atoms with Crippen LogP contribution >= 0.6 is 0 Å². The first-order valence-corrected chi connectivity index (χ1v) is 7.14. The van der Waals surface area contributed by atoms with Gasteiger partial charge in [0.15, 0.2) is 0 Å².